The van der Waals surface area contributed by atoms with Crippen LogP contribution in [0.5, 0.6) is 5.75 Å². The van der Waals surface area contributed by atoms with E-state index in [1.165, 1.54) is 12.4 Å². The zero-order chi connectivity index (χ0) is 39.0. The number of likely N-dealkylation sites (tertiary alicyclic amines) is 2. The van der Waals surface area contributed by atoms with Crippen LogP contribution in [0.2, 0.25) is 5.02 Å². The van der Waals surface area contributed by atoms with E-state index < -0.39 is 34.9 Å². The molecule has 9 rings (SSSR count). The number of aromatic nitrogens is 6. The molecule has 0 radical (unpaired) electrons. The molecule has 2 unspecified atom stereocenters. The zero-order valence-electron chi connectivity index (χ0n) is 31.3. The van der Waals surface area contributed by atoms with E-state index in [9.17, 15) is 19.5 Å². The maximum atomic E-state index is 15.9. The van der Waals surface area contributed by atoms with E-state index in [-0.39, 0.29) is 72.8 Å². The number of amides is 2. The van der Waals surface area contributed by atoms with Crippen LogP contribution in [-0.4, -0.2) is 82.5 Å². The first-order valence-corrected chi connectivity index (χ1v) is 19.4. The van der Waals surface area contributed by atoms with Gasteiger partial charge in [0.25, 0.3) is 11.5 Å². The van der Waals surface area contributed by atoms with Crippen molar-refractivity contribution in [3.8, 4) is 17.1 Å². The van der Waals surface area contributed by atoms with Gasteiger partial charge in [-0.2, -0.15) is 9.50 Å². The number of benzene rings is 2. The second-order valence-corrected chi connectivity index (χ2v) is 15.8. The number of piperidine rings is 1. The Balaban J connectivity index is 1.10. The van der Waals surface area contributed by atoms with E-state index in [1.54, 1.807) is 35.4 Å². The number of halogens is 2. The summed E-state index contributed by atoms with van der Waals surface area (Å²) in [6.45, 7) is 4.44. The zero-order valence-corrected chi connectivity index (χ0v) is 32.0. The van der Waals surface area contributed by atoms with Gasteiger partial charge < -0.3 is 24.6 Å². The number of aryl methyl sites for hydroxylation is 1. The SMILES string of the molecule is Cc1ncnc(C(=O)N2CCC3(CC2)OC(C)c2c3c(=O)n3nc(-c4ccc(C5CCCN5C)cc4F)nc3n2CC(=O)Nc2ccc(C3CC3)cc2Cl)c1O. The molecule has 1 spiro atoms. The first kappa shape index (κ1) is 36.4. The third-order valence-electron chi connectivity index (χ3n) is 11.9. The summed E-state index contributed by atoms with van der Waals surface area (Å²) in [5.41, 5.74) is 1.89. The number of carbonyl (C=O) groups is 2. The summed E-state index contributed by atoms with van der Waals surface area (Å²) in [4.78, 5) is 58.4. The number of nitrogens with one attached hydrogen (secondary N) is 1. The summed E-state index contributed by atoms with van der Waals surface area (Å²) in [6.07, 6.45) is 5.24. The Bertz CT molecular complexity index is 2490. The molecule has 2 N–H and O–H groups in total. The highest BCUT2D eigenvalue weighted by molar-refractivity contribution is 6.33. The van der Waals surface area contributed by atoms with Gasteiger partial charge in [-0.25, -0.2) is 14.4 Å². The van der Waals surface area contributed by atoms with Gasteiger partial charge in [0.05, 0.1) is 39.3 Å². The maximum Gasteiger partial charge on any atom is 0.282 e. The summed E-state index contributed by atoms with van der Waals surface area (Å²) in [6, 6.07) is 10.8. The number of hydrogen-bond acceptors (Lipinski definition) is 10. The molecule has 290 valence electrons. The van der Waals surface area contributed by atoms with Crippen LogP contribution in [-0.2, 0) is 21.7 Å². The van der Waals surface area contributed by atoms with E-state index in [0.717, 1.165) is 47.9 Å². The molecule has 3 aliphatic heterocycles. The number of hydrogen-bond donors (Lipinski definition) is 2. The Kier molecular flexibility index (Phi) is 8.93. The fourth-order valence-electron chi connectivity index (χ4n) is 8.75. The Hall–Kier alpha value is -5.25. The molecule has 6 heterocycles. The number of aromatic hydroxyl groups is 1. The molecule has 2 atom stereocenters. The molecule has 1 aliphatic carbocycles. The normalized spacial score (nSPS) is 20.6. The van der Waals surface area contributed by atoms with Crippen LogP contribution in [0, 0.1) is 12.7 Å². The van der Waals surface area contributed by atoms with Gasteiger partial charge >= 0.3 is 0 Å². The van der Waals surface area contributed by atoms with Crippen LogP contribution >= 0.6 is 11.6 Å². The molecule has 2 amide bonds. The number of ether oxygens (including phenoxy) is 1. The minimum absolute atomic E-state index is 0.00505. The van der Waals surface area contributed by atoms with Crippen LogP contribution in [0.25, 0.3) is 17.2 Å². The smallest absolute Gasteiger partial charge is 0.282 e. The molecule has 16 heteroatoms. The molecule has 3 fully saturated rings. The van der Waals surface area contributed by atoms with Crippen molar-refractivity contribution in [2.75, 3.05) is 32.0 Å². The highest BCUT2D eigenvalue weighted by Crippen LogP contribution is 2.48. The van der Waals surface area contributed by atoms with Crippen molar-refractivity contribution < 1.29 is 23.8 Å². The average molecular weight is 782 g/mol. The first-order valence-electron chi connectivity index (χ1n) is 19.0. The largest absolute Gasteiger partial charge is 0.504 e. The van der Waals surface area contributed by atoms with Crippen LogP contribution in [0.4, 0.5) is 10.1 Å². The van der Waals surface area contributed by atoms with E-state index in [0.29, 0.717) is 27.9 Å². The van der Waals surface area contributed by atoms with Gasteiger partial charge in [0.15, 0.2) is 17.3 Å². The van der Waals surface area contributed by atoms with Crippen LogP contribution in [0.1, 0.15) is 102 Å². The van der Waals surface area contributed by atoms with Crippen LogP contribution in [0.3, 0.4) is 0 Å². The Morgan fingerprint density at radius 3 is 2.54 bits per heavy atom. The number of rotatable bonds is 7. The molecule has 0 bridgehead atoms. The van der Waals surface area contributed by atoms with Gasteiger partial charge in [-0.15, -0.1) is 5.10 Å². The predicted octanol–water partition coefficient (Wildman–Crippen LogP) is 5.66. The summed E-state index contributed by atoms with van der Waals surface area (Å²) in [5.74, 6) is -1.12. The van der Waals surface area contributed by atoms with E-state index in [4.69, 9.17) is 21.3 Å². The maximum absolute atomic E-state index is 15.9. The summed E-state index contributed by atoms with van der Waals surface area (Å²) >= 11 is 6.62. The van der Waals surface area contributed by atoms with Crippen molar-refractivity contribution in [3.05, 3.63) is 97.7 Å². The summed E-state index contributed by atoms with van der Waals surface area (Å²) < 4.78 is 25.3. The van der Waals surface area contributed by atoms with Crippen molar-refractivity contribution in [1.82, 2.24) is 38.9 Å². The molecule has 3 aromatic heterocycles. The fourth-order valence-corrected chi connectivity index (χ4v) is 8.98. The standard InChI is InChI=1S/C40H41ClFN9O5/c1-21-35(53)33(44-20-43-21)38(55)49-15-12-40(13-16-49)32-34(22(2)56-40)50(19-31(52)45-29-11-9-24(17-27(29)41)23-6-7-23)39-46-36(47-51(39)37(32)54)26-10-8-25(18-28(26)42)30-5-4-14-48(30)3/h8-11,17-18,20,22-23,30,53H,4-7,12-16,19H2,1-3H3,(H,45,52). The molecule has 4 aliphatic rings. The van der Waals surface area contributed by atoms with Crippen molar-refractivity contribution in [2.45, 2.75) is 82.6 Å². The van der Waals surface area contributed by atoms with Gasteiger partial charge in [0, 0.05) is 19.1 Å². The number of fused-ring (bicyclic) bond motifs is 3. The minimum atomic E-state index is -1.13. The van der Waals surface area contributed by atoms with E-state index in [2.05, 4.69) is 25.3 Å². The quantitative estimate of drug-likeness (QED) is 0.211. The highest BCUT2D eigenvalue weighted by atomic mass is 35.5. The Morgan fingerprint density at radius 1 is 1.07 bits per heavy atom. The third kappa shape index (κ3) is 6.12. The van der Waals surface area contributed by atoms with Crippen molar-refractivity contribution in [3.63, 3.8) is 0 Å². The summed E-state index contributed by atoms with van der Waals surface area (Å²) in [7, 11) is 2.03. The van der Waals surface area contributed by atoms with Crippen molar-refractivity contribution >= 4 is 34.9 Å². The second kappa shape index (κ2) is 13.7. The molecule has 14 nitrogen and oxygen atoms in total. The van der Waals surface area contributed by atoms with Gasteiger partial charge in [-0.3, -0.25) is 19.3 Å². The predicted molar refractivity (Wildman–Crippen MR) is 204 cm³/mol. The second-order valence-electron chi connectivity index (χ2n) is 15.4. The molecule has 2 aromatic carbocycles. The summed E-state index contributed by atoms with van der Waals surface area (Å²) in [5, 5.41) is 18.4. The van der Waals surface area contributed by atoms with Crippen LogP contribution < -0.4 is 10.9 Å². The van der Waals surface area contributed by atoms with E-state index in [1.807, 2.05) is 25.2 Å². The molecular weight excluding hydrogens is 741 g/mol. The Morgan fingerprint density at radius 2 is 1.84 bits per heavy atom. The lowest BCUT2D eigenvalue weighted by Crippen LogP contribution is -2.47. The number of carbonyl (C=O) groups excluding carboxylic acids is 2. The lowest BCUT2D eigenvalue weighted by atomic mass is 9.85. The van der Waals surface area contributed by atoms with Gasteiger partial charge in [-0.1, -0.05) is 23.7 Å². The third-order valence-corrected chi connectivity index (χ3v) is 12.2. The molecule has 1 saturated carbocycles. The molecule has 56 heavy (non-hydrogen) atoms. The topological polar surface area (TPSA) is 160 Å². The molecule has 5 aromatic rings. The average Bonchev–Trinajstić information content (AvgIpc) is 3.67. The molecular formula is C40H41ClFN9O5. The first-order chi connectivity index (χ1) is 26.9. The highest BCUT2D eigenvalue weighted by Gasteiger charge is 2.51. The van der Waals surface area contributed by atoms with Gasteiger partial charge in [-0.05, 0) is 107 Å². The van der Waals surface area contributed by atoms with Gasteiger partial charge in [0.1, 0.15) is 24.3 Å². The number of anilines is 1. The van der Waals surface area contributed by atoms with Crippen molar-refractivity contribution in [2.24, 2.45) is 0 Å². The Labute approximate surface area is 326 Å². The fraction of sp³-hybridized carbons (Fsp3) is 0.425. The minimum Gasteiger partial charge on any atom is -0.504 e. The van der Waals surface area contributed by atoms with E-state index >= 15 is 4.39 Å². The van der Waals surface area contributed by atoms with Crippen molar-refractivity contribution in [1.29, 1.82) is 0 Å². The van der Waals surface area contributed by atoms with Gasteiger partial charge in [0.2, 0.25) is 11.7 Å². The lowest BCUT2D eigenvalue weighted by molar-refractivity contribution is -0.116. The van der Waals surface area contributed by atoms with Crippen LogP contribution in [0.15, 0.2) is 47.5 Å². The monoisotopic (exact) mass is 781 g/mol. The lowest BCUT2D eigenvalue weighted by Gasteiger charge is -2.39. The number of nitrogens with zero attached hydrogens (tertiary/aromatic N) is 8. The molecule has 2 saturated heterocycles.